The minimum absolute atomic E-state index is 0.126. The van der Waals surface area contributed by atoms with Crippen molar-refractivity contribution >= 4 is 28.2 Å². The van der Waals surface area contributed by atoms with Crippen molar-refractivity contribution in [3.8, 4) is 0 Å². The maximum absolute atomic E-state index is 13.1. The maximum atomic E-state index is 13.1. The minimum atomic E-state index is -0.126. The van der Waals surface area contributed by atoms with Crippen molar-refractivity contribution in [3.05, 3.63) is 35.0 Å². The van der Waals surface area contributed by atoms with E-state index in [1.165, 1.54) is 24.1 Å². The van der Waals surface area contributed by atoms with Crippen LogP contribution in [0.25, 0.3) is 0 Å². The summed E-state index contributed by atoms with van der Waals surface area (Å²) in [6.07, 6.45) is 9.64. The Labute approximate surface area is 171 Å². The molecule has 4 rings (SSSR count). The largest absolute Gasteiger partial charge is 0.342 e. The smallest absolute Gasteiger partial charge is 0.228 e. The lowest BCUT2D eigenvalue weighted by molar-refractivity contribution is -0.144. The maximum Gasteiger partial charge on any atom is 0.228 e. The Morgan fingerprint density at radius 3 is 2.64 bits per heavy atom. The molecule has 1 aliphatic heterocycles. The Morgan fingerprint density at radius 1 is 1.21 bits per heavy atom. The molecule has 28 heavy (non-hydrogen) atoms. The second-order valence-corrected chi connectivity index (χ2v) is 9.77. The van der Waals surface area contributed by atoms with Gasteiger partial charge in [-0.1, -0.05) is 32.3 Å². The van der Waals surface area contributed by atoms with Crippen molar-refractivity contribution in [3.63, 3.8) is 0 Å². The predicted octanol–water partition coefficient (Wildman–Crippen LogP) is 5.27. The highest BCUT2D eigenvalue weighted by Gasteiger charge is 2.38. The normalized spacial score (nSPS) is 20.1. The Bertz CT molecular complexity index is 819. The number of nitrogens with zero attached hydrogens (tertiary/aromatic N) is 3. The van der Waals surface area contributed by atoms with Crippen molar-refractivity contribution in [1.29, 1.82) is 0 Å². The van der Waals surface area contributed by atoms with E-state index < -0.39 is 0 Å². The van der Waals surface area contributed by atoms with Gasteiger partial charge in [-0.25, -0.2) is 9.97 Å². The van der Waals surface area contributed by atoms with Crippen LogP contribution < -0.4 is 5.32 Å². The molecule has 0 atom stereocenters. The molecule has 150 valence electrons. The Morgan fingerprint density at radius 2 is 1.96 bits per heavy atom. The zero-order valence-electron chi connectivity index (χ0n) is 16.9. The van der Waals surface area contributed by atoms with Crippen LogP contribution in [0.2, 0.25) is 0 Å². The van der Waals surface area contributed by atoms with Crippen LogP contribution in [0.4, 0.5) is 10.9 Å². The fourth-order valence-corrected chi connectivity index (χ4v) is 5.25. The van der Waals surface area contributed by atoms with Gasteiger partial charge in [0.2, 0.25) is 5.91 Å². The van der Waals surface area contributed by atoms with Gasteiger partial charge in [-0.2, -0.15) is 0 Å². The molecule has 1 aliphatic carbocycles. The molecule has 1 saturated carbocycles. The van der Waals surface area contributed by atoms with Gasteiger partial charge in [0.1, 0.15) is 5.82 Å². The second kappa shape index (κ2) is 8.19. The third-order valence-corrected chi connectivity index (χ3v) is 7.13. The Kier molecular flexibility index (Phi) is 5.67. The van der Waals surface area contributed by atoms with Crippen LogP contribution in [0, 0.1) is 12.3 Å². The van der Waals surface area contributed by atoms with Gasteiger partial charge in [-0.05, 0) is 44.7 Å². The monoisotopic (exact) mass is 398 g/mol. The molecule has 3 heterocycles. The first-order valence-corrected chi connectivity index (χ1v) is 11.3. The number of hydrogen-bond donors (Lipinski definition) is 1. The van der Waals surface area contributed by atoms with Crippen LogP contribution in [-0.2, 0) is 4.79 Å². The van der Waals surface area contributed by atoms with E-state index in [2.05, 4.69) is 41.2 Å². The second-order valence-electron chi connectivity index (χ2n) is 8.54. The lowest BCUT2D eigenvalue weighted by Crippen LogP contribution is -2.46. The average molecular weight is 399 g/mol. The Hall–Kier alpha value is -1.95. The van der Waals surface area contributed by atoms with Gasteiger partial charge in [-0.15, -0.1) is 11.3 Å². The number of likely N-dealkylation sites (tertiary alicyclic amines) is 1. The quantitative estimate of drug-likeness (QED) is 0.762. The number of piperidine rings is 1. The van der Waals surface area contributed by atoms with E-state index >= 15 is 0 Å². The summed E-state index contributed by atoms with van der Waals surface area (Å²) < 4.78 is 0. The van der Waals surface area contributed by atoms with Gasteiger partial charge in [-0.3, -0.25) is 4.79 Å². The van der Waals surface area contributed by atoms with E-state index in [0.29, 0.717) is 11.8 Å². The fourth-order valence-electron chi connectivity index (χ4n) is 4.58. The summed E-state index contributed by atoms with van der Waals surface area (Å²) in [5.74, 6) is 1.65. The molecule has 2 fully saturated rings. The van der Waals surface area contributed by atoms with Crippen LogP contribution in [0.3, 0.4) is 0 Å². The van der Waals surface area contributed by atoms with Gasteiger partial charge in [0.05, 0.1) is 0 Å². The molecule has 1 saturated heterocycles. The van der Waals surface area contributed by atoms with Gasteiger partial charge in [0, 0.05) is 41.2 Å². The van der Waals surface area contributed by atoms with Crippen LogP contribution in [-0.4, -0.2) is 33.9 Å². The minimum Gasteiger partial charge on any atom is -0.342 e. The summed E-state index contributed by atoms with van der Waals surface area (Å²) in [6, 6.07) is 6.16. The number of anilines is 2. The molecule has 0 spiro atoms. The zero-order chi connectivity index (χ0) is 19.6. The summed E-state index contributed by atoms with van der Waals surface area (Å²) in [4.78, 5) is 25.6. The van der Waals surface area contributed by atoms with E-state index in [4.69, 9.17) is 4.98 Å². The predicted molar refractivity (Wildman–Crippen MR) is 114 cm³/mol. The Balaban J connectivity index is 1.37. The molecule has 5 nitrogen and oxygen atoms in total. The van der Waals surface area contributed by atoms with Crippen LogP contribution in [0.1, 0.15) is 68.4 Å². The lowest BCUT2D eigenvalue weighted by atomic mass is 9.74. The summed E-state index contributed by atoms with van der Waals surface area (Å²) in [5.41, 5.74) is 0.994. The summed E-state index contributed by atoms with van der Waals surface area (Å²) >= 11 is 1.63. The van der Waals surface area contributed by atoms with Gasteiger partial charge in [0.25, 0.3) is 0 Å². The summed E-state index contributed by atoms with van der Waals surface area (Å²) in [6.45, 7) is 5.93. The molecule has 2 aromatic rings. The fraction of sp³-hybridized carbons (Fsp3) is 0.591. The molecular formula is C22H30N4OS. The molecule has 2 aliphatic rings. The number of pyridine rings is 1. The van der Waals surface area contributed by atoms with Gasteiger partial charge >= 0.3 is 0 Å². The van der Waals surface area contributed by atoms with E-state index in [1.54, 1.807) is 11.3 Å². The van der Waals surface area contributed by atoms with Crippen molar-refractivity contribution < 1.29 is 4.79 Å². The van der Waals surface area contributed by atoms with Crippen LogP contribution in [0.5, 0.6) is 0 Å². The third kappa shape index (κ3) is 4.22. The summed E-state index contributed by atoms with van der Waals surface area (Å²) in [5, 5.41) is 4.19. The highest BCUT2D eigenvalue weighted by molar-refractivity contribution is 7.15. The number of aromatic nitrogens is 2. The lowest BCUT2D eigenvalue weighted by Gasteiger charge is -2.40. The highest BCUT2D eigenvalue weighted by atomic mass is 32.1. The van der Waals surface area contributed by atoms with E-state index in [1.807, 2.05) is 12.3 Å². The number of amides is 1. The zero-order valence-corrected chi connectivity index (χ0v) is 17.7. The van der Waals surface area contributed by atoms with E-state index in [0.717, 1.165) is 55.4 Å². The first-order chi connectivity index (χ1) is 13.5. The van der Waals surface area contributed by atoms with Gasteiger partial charge < -0.3 is 10.2 Å². The van der Waals surface area contributed by atoms with Crippen molar-refractivity contribution in [2.24, 2.45) is 5.41 Å². The number of nitrogens with one attached hydrogen (secondary N) is 1. The van der Waals surface area contributed by atoms with Crippen LogP contribution >= 0.6 is 11.3 Å². The van der Waals surface area contributed by atoms with E-state index in [-0.39, 0.29) is 5.41 Å². The number of thiazole rings is 1. The number of rotatable bonds is 4. The first-order valence-electron chi connectivity index (χ1n) is 10.5. The molecule has 0 aromatic carbocycles. The molecule has 1 N–H and O–H groups in total. The average Bonchev–Trinajstić information content (AvgIpc) is 3.13. The van der Waals surface area contributed by atoms with Crippen molar-refractivity contribution in [1.82, 2.24) is 14.9 Å². The van der Waals surface area contributed by atoms with Crippen LogP contribution in [0.15, 0.2) is 24.4 Å². The molecule has 2 aromatic heterocycles. The van der Waals surface area contributed by atoms with Crippen molar-refractivity contribution in [2.75, 3.05) is 18.4 Å². The van der Waals surface area contributed by atoms with Gasteiger partial charge in [0.15, 0.2) is 5.13 Å². The molecular weight excluding hydrogens is 368 g/mol. The summed E-state index contributed by atoms with van der Waals surface area (Å²) in [7, 11) is 0. The molecule has 1 amide bonds. The highest BCUT2D eigenvalue weighted by Crippen LogP contribution is 2.39. The number of aryl methyl sites for hydroxylation is 1. The standard InChI is InChI=1S/C22H30N4OS/c1-16-15-23-21(28-16)25-19-8-6-7-18(24-19)17-9-13-26(14-10-17)20(27)22(2)11-4-3-5-12-22/h6-8,15,17H,3-5,9-14H2,1-2H3,(H,23,24,25). The number of carbonyl (C=O) groups excluding carboxylic acids is 1. The first kappa shape index (κ1) is 19.4. The molecule has 6 heteroatoms. The topological polar surface area (TPSA) is 58.1 Å². The molecule has 0 bridgehead atoms. The number of carbonyl (C=O) groups is 1. The molecule has 0 radical (unpaired) electrons. The molecule has 0 unspecified atom stereocenters. The number of hydrogen-bond acceptors (Lipinski definition) is 5. The van der Waals surface area contributed by atoms with Crippen molar-refractivity contribution in [2.45, 2.75) is 64.7 Å². The van der Waals surface area contributed by atoms with E-state index in [9.17, 15) is 4.79 Å². The SMILES string of the molecule is Cc1cnc(Nc2cccc(C3CCN(C(=O)C4(C)CCCCC4)CC3)n2)s1. The third-order valence-electron chi connectivity index (χ3n) is 6.30.